The number of hydrogen-bond donors (Lipinski definition) is 4. The van der Waals surface area contributed by atoms with Crippen LogP contribution >= 0.6 is 0 Å². The number of ether oxygens (including phenoxy) is 4. The van der Waals surface area contributed by atoms with Crippen LogP contribution in [0.5, 0.6) is 0 Å². The van der Waals surface area contributed by atoms with Gasteiger partial charge in [0, 0.05) is 13.0 Å². The summed E-state index contributed by atoms with van der Waals surface area (Å²) >= 11 is 0. The summed E-state index contributed by atoms with van der Waals surface area (Å²) < 4.78 is 59.0. The molecule has 0 radical (unpaired) electrons. The fraction of sp³-hybridized carbons (Fsp3) is 0.771. The second kappa shape index (κ2) is 39.4. The molecule has 354 valence electrons. The van der Waals surface area contributed by atoms with E-state index in [-0.39, 0.29) is 19.6 Å². The minimum absolute atomic E-state index is 0.0131. The normalized spacial score (nSPS) is 20.7. The number of aliphatic hydroxyl groups excluding tert-OH is 3. The number of allylic oxidation sites excluding steroid dienone is 10. The Balaban J connectivity index is 2.45. The van der Waals surface area contributed by atoms with Crippen molar-refractivity contribution < 1.29 is 56.2 Å². The molecule has 1 rings (SSSR count). The zero-order chi connectivity index (χ0) is 44.7. The van der Waals surface area contributed by atoms with Crippen molar-refractivity contribution in [2.24, 2.45) is 0 Å². The number of carbonyl (C=O) groups is 1. The maximum absolute atomic E-state index is 12.8. The standard InChI is InChI=1S/C48H84O12S/c1-3-5-7-9-11-13-15-17-19-21-23-25-27-29-31-33-35-37-44(50)58-42(41-57-48-46(52)47(60-61(53,54)55)45(51)43(39-49)59-48)40-56-38-36-34-32-30-28-26-24-22-20-18-16-14-12-10-8-6-4-2/h5,7,11,13,17,19,23,25,29,31,42-43,45-49,51-52H,3-4,6,8-10,12,14-16,18,20-22,24,26-28,30,32-41H2,1-2H3,(H,53,54,55)/b7-5-,13-11-,19-17-,25-23-,31-29-. The van der Waals surface area contributed by atoms with E-state index >= 15 is 0 Å². The van der Waals surface area contributed by atoms with E-state index < -0.39 is 59.8 Å². The summed E-state index contributed by atoms with van der Waals surface area (Å²) in [7, 11) is -5.07. The van der Waals surface area contributed by atoms with Crippen LogP contribution in [-0.4, -0.2) is 97.5 Å². The van der Waals surface area contributed by atoms with E-state index in [0.29, 0.717) is 19.4 Å². The van der Waals surface area contributed by atoms with E-state index in [4.69, 9.17) is 23.5 Å². The van der Waals surface area contributed by atoms with Crippen LogP contribution in [0.25, 0.3) is 0 Å². The molecule has 1 heterocycles. The maximum atomic E-state index is 12.8. The highest BCUT2D eigenvalue weighted by atomic mass is 32.3. The Hall–Kier alpha value is -2.20. The van der Waals surface area contributed by atoms with Gasteiger partial charge in [-0.15, -0.1) is 0 Å². The summed E-state index contributed by atoms with van der Waals surface area (Å²) in [5.74, 6) is -0.455. The highest BCUT2D eigenvalue weighted by Crippen LogP contribution is 2.26. The van der Waals surface area contributed by atoms with Gasteiger partial charge in [0.2, 0.25) is 0 Å². The first-order chi connectivity index (χ1) is 29.6. The number of hydrogen-bond acceptors (Lipinski definition) is 11. The van der Waals surface area contributed by atoms with Gasteiger partial charge in [0.15, 0.2) is 6.29 Å². The third-order valence-electron chi connectivity index (χ3n) is 10.4. The second-order valence-corrected chi connectivity index (χ2v) is 17.0. The lowest BCUT2D eigenvalue weighted by Crippen LogP contribution is -2.60. The molecule has 6 atom stereocenters. The molecule has 0 amide bonds. The van der Waals surface area contributed by atoms with Gasteiger partial charge in [-0.3, -0.25) is 9.35 Å². The Morgan fingerprint density at radius 1 is 0.639 bits per heavy atom. The molecule has 0 bridgehead atoms. The van der Waals surface area contributed by atoms with Gasteiger partial charge >= 0.3 is 16.4 Å². The van der Waals surface area contributed by atoms with Gasteiger partial charge in [0.25, 0.3) is 0 Å². The number of rotatable bonds is 40. The van der Waals surface area contributed by atoms with Crippen LogP contribution in [0.3, 0.4) is 0 Å². The van der Waals surface area contributed by atoms with Gasteiger partial charge < -0.3 is 34.3 Å². The SMILES string of the molecule is CC/C=C\C/C=C\C/C=C\C/C=C\C/C=C\CCCC(=O)OC(COCCCCCCCCCCCCCCCCCCC)COC1OC(CO)C(O)C(OS(=O)(=O)O)C1O. The molecule has 0 spiro atoms. The monoisotopic (exact) mass is 885 g/mol. The van der Waals surface area contributed by atoms with Crippen molar-refractivity contribution in [1.29, 1.82) is 0 Å². The number of esters is 1. The van der Waals surface area contributed by atoms with Gasteiger partial charge in [0.05, 0.1) is 19.8 Å². The van der Waals surface area contributed by atoms with E-state index in [1.54, 1.807) is 0 Å². The molecular weight excluding hydrogens is 801 g/mol. The quantitative estimate of drug-likeness (QED) is 0.0198. The van der Waals surface area contributed by atoms with E-state index in [9.17, 15) is 28.5 Å². The summed E-state index contributed by atoms with van der Waals surface area (Å²) in [6.07, 6.45) is 39.7. The first-order valence-corrected chi connectivity index (χ1v) is 24.9. The number of unbranched alkanes of at least 4 members (excludes halogenated alkanes) is 17. The van der Waals surface area contributed by atoms with Crippen LogP contribution in [0, 0.1) is 0 Å². The Labute approximate surface area is 369 Å². The third-order valence-corrected chi connectivity index (χ3v) is 10.9. The molecule has 0 saturated carbocycles. The van der Waals surface area contributed by atoms with Gasteiger partial charge in [-0.2, -0.15) is 8.42 Å². The van der Waals surface area contributed by atoms with Gasteiger partial charge in [-0.1, -0.05) is 177 Å². The predicted octanol–water partition coefficient (Wildman–Crippen LogP) is 10.1. The maximum Gasteiger partial charge on any atom is 0.397 e. The first kappa shape index (κ1) is 56.8. The molecule has 4 N–H and O–H groups in total. The number of aliphatic hydroxyl groups is 3. The molecule has 1 aliphatic heterocycles. The van der Waals surface area contributed by atoms with Crippen molar-refractivity contribution in [3.8, 4) is 0 Å². The van der Waals surface area contributed by atoms with Crippen LogP contribution in [-0.2, 0) is 38.3 Å². The Kier molecular flexibility index (Phi) is 36.7. The zero-order valence-corrected chi connectivity index (χ0v) is 38.5. The molecule has 0 aliphatic carbocycles. The van der Waals surface area contributed by atoms with Crippen molar-refractivity contribution in [2.45, 2.75) is 211 Å². The van der Waals surface area contributed by atoms with E-state index in [1.807, 2.05) is 6.08 Å². The molecule has 0 aromatic rings. The lowest BCUT2D eigenvalue weighted by molar-refractivity contribution is -0.301. The van der Waals surface area contributed by atoms with E-state index in [2.05, 4.69) is 72.7 Å². The highest BCUT2D eigenvalue weighted by Gasteiger charge is 2.48. The topological polar surface area (TPSA) is 178 Å². The lowest BCUT2D eigenvalue weighted by atomic mass is 9.99. The molecule has 61 heavy (non-hydrogen) atoms. The van der Waals surface area contributed by atoms with Crippen molar-refractivity contribution >= 4 is 16.4 Å². The molecule has 0 aromatic heterocycles. The minimum Gasteiger partial charge on any atom is -0.457 e. The summed E-state index contributed by atoms with van der Waals surface area (Å²) in [5, 5.41) is 30.7. The molecule has 1 fully saturated rings. The van der Waals surface area contributed by atoms with E-state index in [0.717, 1.165) is 51.4 Å². The van der Waals surface area contributed by atoms with E-state index in [1.165, 1.54) is 89.9 Å². The Morgan fingerprint density at radius 3 is 1.59 bits per heavy atom. The molecule has 0 aromatic carbocycles. The van der Waals surface area contributed by atoms with Crippen molar-refractivity contribution in [1.82, 2.24) is 0 Å². The average molecular weight is 885 g/mol. The molecule has 1 saturated heterocycles. The molecule has 12 nitrogen and oxygen atoms in total. The average Bonchev–Trinajstić information content (AvgIpc) is 3.23. The van der Waals surface area contributed by atoms with Crippen LogP contribution in [0.4, 0.5) is 0 Å². The van der Waals surface area contributed by atoms with Gasteiger partial charge in [0.1, 0.15) is 30.5 Å². The zero-order valence-electron chi connectivity index (χ0n) is 37.7. The largest absolute Gasteiger partial charge is 0.457 e. The summed E-state index contributed by atoms with van der Waals surface area (Å²) in [6, 6.07) is 0. The first-order valence-electron chi connectivity index (χ1n) is 23.5. The molecule has 1 aliphatic rings. The minimum atomic E-state index is -5.07. The fourth-order valence-corrected chi connectivity index (χ4v) is 7.39. The lowest BCUT2D eigenvalue weighted by Gasteiger charge is -2.41. The summed E-state index contributed by atoms with van der Waals surface area (Å²) in [4.78, 5) is 12.8. The van der Waals surface area contributed by atoms with Crippen molar-refractivity contribution in [2.75, 3.05) is 26.4 Å². The molecule has 6 unspecified atom stereocenters. The third kappa shape index (κ3) is 33.0. The molecular formula is C48H84O12S. The summed E-state index contributed by atoms with van der Waals surface area (Å²) in [5.41, 5.74) is 0. The molecule has 13 heteroatoms. The number of carbonyl (C=O) groups excluding carboxylic acids is 1. The second-order valence-electron chi connectivity index (χ2n) is 16.0. The van der Waals surface area contributed by atoms with Crippen LogP contribution in [0.15, 0.2) is 60.8 Å². The van der Waals surface area contributed by atoms with Crippen LogP contribution < -0.4 is 0 Å². The van der Waals surface area contributed by atoms with Gasteiger partial charge in [-0.05, 0) is 51.4 Å². The fourth-order valence-electron chi connectivity index (χ4n) is 6.88. The van der Waals surface area contributed by atoms with Crippen molar-refractivity contribution in [3.63, 3.8) is 0 Å². The van der Waals surface area contributed by atoms with Crippen molar-refractivity contribution in [3.05, 3.63) is 60.8 Å². The highest BCUT2D eigenvalue weighted by molar-refractivity contribution is 7.80. The summed E-state index contributed by atoms with van der Waals surface area (Å²) in [6.45, 7) is 3.81. The van der Waals surface area contributed by atoms with Gasteiger partial charge in [-0.25, -0.2) is 4.18 Å². The Morgan fingerprint density at radius 2 is 1.11 bits per heavy atom. The Bertz CT molecular complexity index is 1300. The predicted molar refractivity (Wildman–Crippen MR) is 243 cm³/mol. The smallest absolute Gasteiger partial charge is 0.397 e. The van der Waals surface area contributed by atoms with Crippen LogP contribution in [0.2, 0.25) is 0 Å². The van der Waals surface area contributed by atoms with Crippen LogP contribution in [0.1, 0.15) is 174 Å².